The van der Waals surface area contributed by atoms with Gasteiger partial charge in [0.2, 0.25) is 5.88 Å². The zero-order valence-electron chi connectivity index (χ0n) is 24.8. The molecule has 4 aromatic rings. The van der Waals surface area contributed by atoms with Gasteiger partial charge in [-0.25, -0.2) is 0 Å². The minimum Gasteiger partial charge on any atom is -0.479 e. The third-order valence-corrected chi connectivity index (χ3v) is 8.44. The van der Waals surface area contributed by atoms with Gasteiger partial charge in [0.1, 0.15) is 5.69 Å². The molecule has 5 rings (SSSR count). The molecule has 0 saturated carbocycles. The number of hydrogen-bond donors (Lipinski definition) is 5. The number of aromatic amines is 2. The molecule has 5 N–H and O–H groups in total. The summed E-state index contributed by atoms with van der Waals surface area (Å²) in [7, 11) is 3.45. The molecule has 0 bridgehead atoms. The summed E-state index contributed by atoms with van der Waals surface area (Å²) in [5, 5.41) is 24.5. The number of nitrogens with one attached hydrogen (secondary N) is 4. The van der Waals surface area contributed by atoms with Gasteiger partial charge in [-0.05, 0) is 67.8 Å². The number of aliphatic hydroxyl groups is 1. The third kappa shape index (κ3) is 7.17. The maximum atomic E-state index is 13.1. The number of hydrogen-bond acceptors (Lipinski definition) is 7. The van der Waals surface area contributed by atoms with Gasteiger partial charge in [-0.1, -0.05) is 47.5 Å². The number of likely N-dealkylation sites (N-methyl/N-ethyl adjacent to an activating group) is 1. The average Bonchev–Trinajstić information content (AvgIpc) is 3.76. The summed E-state index contributed by atoms with van der Waals surface area (Å²) < 4.78 is 5.55. The molecule has 3 unspecified atom stereocenters. The number of aliphatic hydroxyl groups excluding tert-OH is 1. The van der Waals surface area contributed by atoms with Crippen molar-refractivity contribution in [3.05, 3.63) is 81.6 Å². The fourth-order valence-electron chi connectivity index (χ4n) is 5.55. The van der Waals surface area contributed by atoms with Gasteiger partial charge in [0.25, 0.3) is 5.91 Å². The van der Waals surface area contributed by atoms with Crippen LogP contribution in [-0.2, 0) is 11.3 Å². The van der Waals surface area contributed by atoms with Crippen molar-refractivity contribution in [1.82, 2.24) is 30.7 Å². The van der Waals surface area contributed by atoms with E-state index in [9.17, 15) is 14.7 Å². The first-order valence-corrected chi connectivity index (χ1v) is 15.2. The number of carbonyl (C=O) groups excluding carboxylic acids is 2. The number of nitrogens with zero attached hydrogens (tertiary/aromatic N) is 2. The van der Waals surface area contributed by atoms with E-state index in [4.69, 9.17) is 27.9 Å². The third-order valence-electron chi connectivity index (χ3n) is 7.85. The molecule has 1 fully saturated rings. The highest BCUT2D eigenvalue weighted by Gasteiger charge is 2.27. The number of halogens is 2. The van der Waals surface area contributed by atoms with E-state index >= 15 is 0 Å². The summed E-state index contributed by atoms with van der Waals surface area (Å²) in [4.78, 5) is 30.8. The van der Waals surface area contributed by atoms with Crippen molar-refractivity contribution in [3.63, 3.8) is 0 Å². The summed E-state index contributed by atoms with van der Waals surface area (Å²) in [6.07, 6.45) is 3.58. The van der Waals surface area contributed by atoms with E-state index in [0.29, 0.717) is 63.1 Å². The minimum atomic E-state index is -0.628. The molecule has 3 heterocycles. The maximum absolute atomic E-state index is 13.1. The fraction of sp³-hybridized carbons (Fsp3) is 0.344. The molecule has 44 heavy (non-hydrogen) atoms. The lowest BCUT2D eigenvalue weighted by Gasteiger charge is -2.19. The van der Waals surface area contributed by atoms with E-state index in [2.05, 4.69) is 32.7 Å². The number of aromatic nitrogens is 3. The Bertz CT molecular complexity index is 1640. The van der Waals surface area contributed by atoms with E-state index in [1.165, 1.54) is 7.11 Å². The van der Waals surface area contributed by atoms with E-state index < -0.39 is 11.9 Å². The van der Waals surface area contributed by atoms with Crippen LogP contribution < -0.4 is 15.4 Å². The smallest absolute Gasteiger partial charge is 0.268 e. The predicted molar refractivity (Wildman–Crippen MR) is 171 cm³/mol. The number of ether oxygens (including phenoxy) is 1. The van der Waals surface area contributed by atoms with Gasteiger partial charge in [0.05, 0.1) is 43.6 Å². The molecule has 0 aliphatic carbocycles. The lowest BCUT2D eigenvalue weighted by molar-refractivity contribution is -0.121. The highest BCUT2D eigenvalue weighted by molar-refractivity contribution is 6.31. The highest BCUT2D eigenvalue weighted by atomic mass is 35.5. The number of amides is 1. The first-order valence-electron chi connectivity index (χ1n) is 14.4. The maximum Gasteiger partial charge on any atom is 0.268 e. The van der Waals surface area contributed by atoms with Crippen LogP contribution in [0, 0.1) is 0 Å². The van der Waals surface area contributed by atoms with Gasteiger partial charge in [-0.15, -0.1) is 5.10 Å². The Balaban J connectivity index is 1.31. The summed E-state index contributed by atoms with van der Waals surface area (Å²) in [5.41, 5.74) is 4.65. The Morgan fingerprint density at radius 3 is 2.66 bits per heavy atom. The Morgan fingerprint density at radius 1 is 1.16 bits per heavy atom. The van der Waals surface area contributed by atoms with E-state index in [1.54, 1.807) is 36.5 Å². The fourth-order valence-corrected chi connectivity index (χ4v) is 5.99. The topological polar surface area (TPSA) is 135 Å². The standard InChI is InChI=1S/C32H36Cl2N6O4/c1-18-7-10-25(36-18)28(42)16-40(2)15-21-9-8-20(12-24(21)34)29-30(38-39-32(29)44-3)22-13-26(35-14-22)31(43)37-27(17-41)19-5-4-6-23(33)11-19/h4-6,8-9,11-14,18,25,27,35-36,41H,7,10,15-17H2,1-3H3,(H,37,43)(H,38,39). The molecule has 2 aromatic heterocycles. The van der Waals surface area contributed by atoms with Crippen molar-refractivity contribution >= 4 is 34.9 Å². The van der Waals surface area contributed by atoms with Crippen molar-refractivity contribution < 1.29 is 19.4 Å². The van der Waals surface area contributed by atoms with Crippen LogP contribution in [0.15, 0.2) is 54.7 Å². The number of rotatable bonds is 12. The quantitative estimate of drug-likeness (QED) is 0.147. The Hall–Kier alpha value is -3.67. The number of carbonyl (C=O) groups is 2. The summed E-state index contributed by atoms with van der Waals surface area (Å²) in [5.74, 6) is 0.170. The summed E-state index contributed by atoms with van der Waals surface area (Å²) in [6.45, 7) is 2.66. The number of benzene rings is 2. The van der Waals surface area contributed by atoms with Crippen molar-refractivity contribution in [2.75, 3.05) is 27.3 Å². The van der Waals surface area contributed by atoms with Gasteiger partial charge in [-0.2, -0.15) is 0 Å². The summed E-state index contributed by atoms with van der Waals surface area (Å²) >= 11 is 12.8. The molecule has 1 amide bonds. The molecule has 1 saturated heterocycles. The number of methoxy groups -OCH3 is 1. The molecule has 10 nitrogen and oxygen atoms in total. The molecule has 12 heteroatoms. The van der Waals surface area contributed by atoms with Gasteiger partial charge >= 0.3 is 0 Å². The van der Waals surface area contributed by atoms with E-state index in [1.807, 2.05) is 30.1 Å². The van der Waals surface area contributed by atoms with Crippen LogP contribution in [0.4, 0.5) is 0 Å². The monoisotopic (exact) mass is 638 g/mol. The molecule has 3 atom stereocenters. The van der Waals surface area contributed by atoms with Crippen molar-refractivity contribution in [2.24, 2.45) is 0 Å². The highest BCUT2D eigenvalue weighted by Crippen LogP contribution is 2.39. The second-order valence-electron chi connectivity index (χ2n) is 11.2. The number of Topliss-reactive ketones (excluding diaryl/α,β-unsaturated/α-hetero) is 1. The van der Waals surface area contributed by atoms with Gasteiger partial charge in [-0.3, -0.25) is 19.6 Å². The lowest BCUT2D eigenvalue weighted by atomic mass is 10.0. The second-order valence-corrected chi connectivity index (χ2v) is 12.0. The second kappa shape index (κ2) is 14.0. The van der Waals surface area contributed by atoms with Crippen molar-refractivity contribution in [1.29, 1.82) is 0 Å². The molecule has 0 radical (unpaired) electrons. The van der Waals surface area contributed by atoms with Crippen LogP contribution in [0.1, 0.15) is 47.4 Å². The minimum absolute atomic E-state index is 0.0867. The zero-order valence-corrected chi connectivity index (χ0v) is 26.3. The molecular weight excluding hydrogens is 603 g/mol. The van der Waals surface area contributed by atoms with Crippen LogP contribution in [-0.4, -0.2) is 76.3 Å². The molecule has 0 spiro atoms. The molecule has 2 aromatic carbocycles. The van der Waals surface area contributed by atoms with Gasteiger partial charge < -0.3 is 25.5 Å². The Morgan fingerprint density at radius 2 is 1.98 bits per heavy atom. The average molecular weight is 640 g/mol. The van der Waals surface area contributed by atoms with E-state index in [-0.39, 0.29) is 18.4 Å². The first kappa shape index (κ1) is 31.7. The molecular formula is C32H36Cl2N6O4. The van der Waals surface area contributed by atoms with Crippen LogP contribution >= 0.6 is 23.2 Å². The largest absolute Gasteiger partial charge is 0.479 e. The lowest BCUT2D eigenvalue weighted by Crippen LogP contribution is -2.40. The van der Waals surface area contributed by atoms with Crippen molar-refractivity contribution in [2.45, 2.75) is 44.4 Å². The van der Waals surface area contributed by atoms with Gasteiger partial charge in [0, 0.05) is 34.4 Å². The Labute approximate surface area is 266 Å². The van der Waals surface area contributed by atoms with Crippen LogP contribution in [0.2, 0.25) is 10.0 Å². The first-order chi connectivity index (χ1) is 21.2. The van der Waals surface area contributed by atoms with Crippen LogP contribution in [0.5, 0.6) is 5.88 Å². The molecule has 1 aliphatic rings. The Kier molecular flexibility index (Phi) is 10.1. The van der Waals surface area contributed by atoms with Gasteiger partial charge in [0.15, 0.2) is 5.78 Å². The molecule has 1 aliphatic heterocycles. The SMILES string of the molecule is COc1n[nH]c(-c2c[nH]c(C(=O)NC(CO)c3cccc(Cl)c3)c2)c1-c1ccc(CN(C)CC(=O)C2CCC(C)N2)c(Cl)c1. The van der Waals surface area contributed by atoms with Crippen molar-refractivity contribution in [3.8, 4) is 28.3 Å². The predicted octanol–water partition coefficient (Wildman–Crippen LogP) is 4.99. The normalized spacial score (nSPS) is 17.2. The van der Waals surface area contributed by atoms with E-state index in [0.717, 1.165) is 24.0 Å². The molecule has 232 valence electrons. The number of ketones is 1. The summed E-state index contributed by atoms with van der Waals surface area (Å²) in [6, 6.07) is 14.1. The number of H-pyrrole nitrogens is 2. The van der Waals surface area contributed by atoms with Crippen LogP contribution in [0.3, 0.4) is 0 Å². The zero-order chi connectivity index (χ0) is 31.4. The van der Waals surface area contributed by atoms with Crippen LogP contribution in [0.25, 0.3) is 22.4 Å².